The van der Waals surface area contributed by atoms with Crippen molar-refractivity contribution in [3.05, 3.63) is 0 Å². The Morgan fingerprint density at radius 3 is 1.75 bits per heavy atom. The molecule has 4 N–H and O–H groups in total. The first-order chi connectivity index (χ1) is 14.9. The molecule has 0 aliphatic carbocycles. The topological polar surface area (TPSA) is 146 Å². The molecule has 0 spiro atoms. The molecular formula is C22H38N4O6. The van der Waals surface area contributed by atoms with Crippen LogP contribution < -0.4 is 21.3 Å². The van der Waals surface area contributed by atoms with Crippen molar-refractivity contribution < 1.29 is 28.7 Å². The van der Waals surface area contributed by atoms with Crippen LogP contribution in [0.15, 0.2) is 0 Å². The molecule has 0 aromatic heterocycles. The highest BCUT2D eigenvalue weighted by atomic mass is 16.6. The molecule has 32 heavy (non-hydrogen) atoms. The molecule has 0 bridgehead atoms. The lowest BCUT2D eigenvalue weighted by molar-refractivity contribution is -0.132. The van der Waals surface area contributed by atoms with Gasteiger partial charge in [-0.3, -0.25) is 24.0 Å². The van der Waals surface area contributed by atoms with Crippen molar-refractivity contribution in [1.82, 2.24) is 21.3 Å². The van der Waals surface area contributed by atoms with E-state index in [2.05, 4.69) is 21.3 Å². The Labute approximate surface area is 190 Å². The molecule has 1 saturated heterocycles. The van der Waals surface area contributed by atoms with E-state index in [4.69, 9.17) is 4.74 Å². The highest BCUT2D eigenvalue weighted by Gasteiger charge is 2.50. The van der Waals surface area contributed by atoms with Crippen molar-refractivity contribution in [2.75, 3.05) is 19.7 Å². The van der Waals surface area contributed by atoms with Crippen LogP contribution in [-0.4, -0.2) is 66.8 Å². The number of nitrogens with one attached hydrogen (secondary N) is 4. The fourth-order valence-electron chi connectivity index (χ4n) is 3.11. The molecule has 0 unspecified atom stereocenters. The summed E-state index contributed by atoms with van der Waals surface area (Å²) in [5.74, 6) is -1.64. The molecule has 4 amide bonds. The maximum absolute atomic E-state index is 12.6. The van der Waals surface area contributed by atoms with Gasteiger partial charge in [0.1, 0.15) is 11.6 Å². The van der Waals surface area contributed by atoms with Crippen LogP contribution in [0.25, 0.3) is 0 Å². The number of epoxide rings is 1. The number of carbonyl (C=O) groups excluding carboxylic acids is 5. The summed E-state index contributed by atoms with van der Waals surface area (Å²) in [5.41, 5.74) is -0.851. The second-order valence-corrected chi connectivity index (χ2v) is 9.23. The lowest BCUT2D eigenvalue weighted by Gasteiger charge is -2.22. The average Bonchev–Trinajstić information content (AvgIpc) is 3.46. The fourth-order valence-corrected chi connectivity index (χ4v) is 3.11. The zero-order valence-corrected chi connectivity index (χ0v) is 20.0. The van der Waals surface area contributed by atoms with Crippen LogP contribution in [0, 0.1) is 11.8 Å². The van der Waals surface area contributed by atoms with E-state index in [-0.39, 0.29) is 43.0 Å². The first-order valence-corrected chi connectivity index (χ1v) is 11.2. The van der Waals surface area contributed by atoms with Crippen LogP contribution in [0.3, 0.4) is 0 Å². The molecule has 1 heterocycles. The zero-order valence-electron chi connectivity index (χ0n) is 20.0. The quantitative estimate of drug-likeness (QED) is 0.273. The third-order valence-electron chi connectivity index (χ3n) is 5.01. The van der Waals surface area contributed by atoms with E-state index >= 15 is 0 Å². The van der Waals surface area contributed by atoms with Gasteiger partial charge in [0.05, 0.1) is 25.7 Å². The standard InChI is InChI=1S/C22H38N4O6/c1-7-17(27)23-10-18(28)26-16(9-14(4)5)21(31)24-11-19(29)25-15(8-13(2)3)20(30)22(6)12-32-22/h13-16H,7-12H2,1-6H3,(H,23,27)(H,24,31)(H,25,29)(H,26,28)/t15-,16-,22+/m0/s1. The van der Waals surface area contributed by atoms with Crippen molar-refractivity contribution in [3.8, 4) is 0 Å². The number of hydrogen-bond donors (Lipinski definition) is 4. The minimum Gasteiger partial charge on any atom is -0.361 e. The molecule has 0 radical (unpaired) electrons. The highest BCUT2D eigenvalue weighted by Crippen LogP contribution is 2.29. The maximum Gasteiger partial charge on any atom is 0.243 e. The molecule has 0 aromatic rings. The number of ether oxygens (including phenoxy) is 1. The van der Waals surface area contributed by atoms with Gasteiger partial charge in [0.15, 0.2) is 5.78 Å². The molecule has 3 atom stereocenters. The normalized spacial score (nSPS) is 19.1. The van der Waals surface area contributed by atoms with E-state index in [1.165, 1.54) is 0 Å². The van der Waals surface area contributed by atoms with Gasteiger partial charge >= 0.3 is 0 Å². The Kier molecular flexibility index (Phi) is 10.8. The summed E-state index contributed by atoms with van der Waals surface area (Å²) in [5, 5.41) is 10.3. The van der Waals surface area contributed by atoms with Crippen molar-refractivity contribution >= 4 is 29.4 Å². The SMILES string of the molecule is CCC(=O)NCC(=O)N[C@@H](CC(C)C)C(=O)NCC(=O)N[C@@H](CC(C)C)C(=O)[C@@]1(C)CO1. The van der Waals surface area contributed by atoms with Gasteiger partial charge in [-0.1, -0.05) is 34.6 Å². The Hall–Kier alpha value is -2.49. The number of amides is 4. The Balaban J connectivity index is 2.62. The van der Waals surface area contributed by atoms with Crippen molar-refractivity contribution in [3.63, 3.8) is 0 Å². The Morgan fingerprint density at radius 2 is 1.28 bits per heavy atom. The van der Waals surface area contributed by atoms with E-state index < -0.39 is 35.4 Å². The molecule has 1 rings (SSSR count). The summed E-state index contributed by atoms with van der Waals surface area (Å²) in [6.45, 7) is 10.9. The third kappa shape index (κ3) is 9.76. The lowest BCUT2D eigenvalue weighted by atomic mass is 9.93. The summed E-state index contributed by atoms with van der Waals surface area (Å²) in [7, 11) is 0. The van der Waals surface area contributed by atoms with Gasteiger partial charge in [-0.05, 0) is 31.6 Å². The van der Waals surface area contributed by atoms with E-state index in [9.17, 15) is 24.0 Å². The van der Waals surface area contributed by atoms with Crippen LogP contribution in [0.2, 0.25) is 0 Å². The first kappa shape index (κ1) is 27.5. The van der Waals surface area contributed by atoms with E-state index in [1.54, 1.807) is 13.8 Å². The molecule has 0 aromatic carbocycles. The molecule has 182 valence electrons. The van der Waals surface area contributed by atoms with Crippen LogP contribution in [-0.2, 0) is 28.7 Å². The predicted octanol–water partition coefficient (Wildman–Crippen LogP) is 0.0486. The van der Waals surface area contributed by atoms with Crippen LogP contribution in [0.1, 0.15) is 60.8 Å². The predicted molar refractivity (Wildman–Crippen MR) is 118 cm³/mol. The molecular weight excluding hydrogens is 416 g/mol. The summed E-state index contributed by atoms with van der Waals surface area (Å²) in [4.78, 5) is 61.0. The minimum absolute atomic E-state index is 0.109. The number of Topliss-reactive ketones (excluding diaryl/α,β-unsaturated/α-hetero) is 1. The van der Waals surface area contributed by atoms with Gasteiger partial charge in [0, 0.05) is 6.42 Å². The van der Waals surface area contributed by atoms with Crippen molar-refractivity contribution in [2.45, 2.75) is 78.5 Å². The summed E-state index contributed by atoms with van der Waals surface area (Å²) >= 11 is 0. The van der Waals surface area contributed by atoms with E-state index in [1.807, 2.05) is 27.7 Å². The number of carbonyl (C=O) groups is 5. The van der Waals surface area contributed by atoms with Crippen molar-refractivity contribution in [2.24, 2.45) is 11.8 Å². The van der Waals surface area contributed by atoms with Gasteiger partial charge in [-0.2, -0.15) is 0 Å². The largest absolute Gasteiger partial charge is 0.361 e. The van der Waals surface area contributed by atoms with Crippen LogP contribution in [0.4, 0.5) is 0 Å². The fraction of sp³-hybridized carbons (Fsp3) is 0.773. The average molecular weight is 455 g/mol. The summed E-state index contributed by atoms with van der Waals surface area (Å²) in [6, 6.07) is -1.54. The molecule has 1 aliphatic heterocycles. The minimum atomic E-state index is -0.851. The molecule has 10 nitrogen and oxygen atoms in total. The van der Waals surface area contributed by atoms with E-state index in [0.29, 0.717) is 19.4 Å². The Bertz CT molecular complexity index is 703. The van der Waals surface area contributed by atoms with Crippen molar-refractivity contribution in [1.29, 1.82) is 0 Å². The monoisotopic (exact) mass is 454 g/mol. The molecule has 1 fully saturated rings. The van der Waals surface area contributed by atoms with Crippen LogP contribution >= 0.6 is 0 Å². The van der Waals surface area contributed by atoms with E-state index in [0.717, 1.165) is 0 Å². The number of hydrogen-bond acceptors (Lipinski definition) is 6. The number of ketones is 1. The highest BCUT2D eigenvalue weighted by molar-refractivity contribution is 5.97. The molecule has 1 aliphatic rings. The second-order valence-electron chi connectivity index (χ2n) is 9.23. The smallest absolute Gasteiger partial charge is 0.243 e. The van der Waals surface area contributed by atoms with Crippen LogP contribution in [0.5, 0.6) is 0 Å². The zero-order chi connectivity index (χ0) is 24.5. The third-order valence-corrected chi connectivity index (χ3v) is 5.01. The second kappa shape index (κ2) is 12.5. The first-order valence-electron chi connectivity index (χ1n) is 11.2. The number of rotatable bonds is 14. The van der Waals surface area contributed by atoms with Gasteiger partial charge in [-0.25, -0.2) is 0 Å². The molecule has 0 saturated carbocycles. The van der Waals surface area contributed by atoms with Gasteiger partial charge in [0.2, 0.25) is 23.6 Å². The summed E-state index contributed by atoms with van der Waals surface area (Å²) < 4.78 is 5.21. The molecule has 10 heteroatoms. The Morgan fingerprint density at radius 1 is 0.812 bits per heavy atom. The lowest BCUT2D eigenvalue weighted by Crippen LogP contribution is -2.53. The van der Waals surface area contributed by atoms with Gasteiger partial charge in [0.25, 0.3) is 0 Å². The van der Waals surface area contributed by atoms with Gasteiger partial charge in [-0.15, -0.1) is 0 Å². The maximum atomic E-state index is 12.6. The van der Waals surface area contributed by atoms with Gasteiger partial charge < -0.3 is 26.0 Å². The summed E-state index contributed by atoms with van der Waals surface area (Å²) in [6.07, 6.45) is 1.09.